The number of carbonyl (C=O) groups is 1. The number of fused-ring (bicyclic) bond motifs is 1. The summed E-state index contributed by atoms with van der Waals surface area (Å²) in [6.45, 7) is 4.08. The Labute approximate surface area is 112 Å². The number of hydrogen-bond donors (Lipinski definition) is 3. The summed E-state index contributed by atoms with van der Waals surface area (Å²) in [5.41, 5.74) is 9.06. The first-order valence-corrected chi connectivity index (χ1v) is 6.60. The van der Waals surface area contributed by atoms with E-state index in [1.165, 1.54) is 5.56 Å². The molecule has 102 valence electrons. The minimum Gasteiger partial charge on any atom is -0.480 e. The molecule has 0 bridgehead atoms. The molecule has 0 saturated carbocycles. The van der Waals surface area contributed by atoms with E-state index in [1.807, 2.05) is 32.2 Å². The molecule has 0 fully saturated rings. The molecule has 4 N–H and O–H groups in total. The normalized spacial score (nSPS) is 14.5. The van der Waals surface area contributed by atoms with Gasteiger partial charge in [-0.25, -0.2) is 0 Å². The number of carboxylic acid groups (broad SMARTS) is 1. The van der Waals surface area contributed by atoms with Gasteiger partial charge >= 0.3 is 5.97 Å². The Morgan fingerprint density at radius 1 is 1.47 bits per heavy atom. The predicted octanol–water partition coefficient (Wildman–Crippen LogP) is 2.77. The monoisotopic (exact) mass is 260 g/mol. The Bertz CT molecular complexity index is 589. The molecule has 1 heterocycles. The van der Waals surface area contributed by atoms with Gasteiger partial charge in [0.05, 0.1) is 0 Å². The fraction of sp³-hybridized carbons (Fsp3) is 0.400. The van der Waals surface area contributed by atoms with Crippen LogP contribution in [0.25, 0.3) is 10.9 Å². The summed E-state index contributed by atoms with van der Waals surface area (Å²) in [6.07, 6.45) is 3.58. The number of aromatic nitrogens is 1. The van der Waals surface area contributed by atoms with E-state index in [-0.39, 0.29) is 5.92 Å². The summed E-state index contributed by atoms with van der Waals surface area (Å²) in [4.78, 5) is 14.4. The second-order valence-electron chi connectivity index (χ2n) is 5.05. The molecule has 0 radical (unpaired) electrons. The largest absolute Gasteiger partial charge is 0.480 e. The van der Waals surface area contributed by atoms with E-state index < -0.39 is 12.0 Å². The highest BCUT2D eigenvalue weighted by molar-refractivity contribution is 5.85. The van der Waals surface area contributed by atoms with Crippen LogP contribution in [0.15, 0.2) is 24.4 Å². The number of nitrogens with two attached hydrogens (primary N) is 1. The summed E-state index contributed by atoms with van der Waals surface area (Å²) in [7, 11) is 0. The lowest BCUT2D eigenvalue weighted by Crippen LogP contribution is -2.36. The van der Waals surface area contributed by atoms with E-state index >= 15 is 0 Å². The highest BCUT2D eigenvalue weighted by atomic mass is 16.4. The zero-order valence-electron chi connectivity index (χ0n) is 11.3. The number of benzene rings is 1. The molecule has 0 aliphatic heterocycles. The number of rotatable bonds is 5. The lowest BCUT2D eigenvalue weighted by molar-refractivity contribution is -0.139. The zero-order valence-corrected chi connectivity index (χ0v) is 11.3. The van der Waals surface area contributed by atoms with Crippen molar-refractivity contribution in [3.63, 3.8) is 0 Å². The zero-order chi connectivity index (χ0) is 14.0. The molecule has 1 aromatic carbocycles. The van der Waals surface area contributed by atoms with Crippen LogP contribution in [0.1, 0.15) is 36.8 Å². The SMILES string of the molecule is CCC[C@@H](c1c[nH]c2cc(C)ccc12)[C@H](N)C(=O)O. The fourth-order valence-corrected chi connectivity index (χ4v) is 2.58. The summed E-state index contributed by atoms with van der Waals surface area (Å²) in [5.74, 6) is -1.10. The average Bonchev–Trinajstić information content (AvgIpc) is 2.77. The maximum Gasteiger partial charge on any atom is 0.321 e. The van der Waals surface area contributed by atoms with Crippen molar-refractivity contribution >= 4 is 16.9 Å². The molecule has 0 aliphatic rings. The number of hydrogen-bond acceptors (Lipinski definition) is 2. The summed E-state index contributed by atoms with van der Waals surface area (Å²) < 4.78 is 0. The second-order valence-corrected chi connectivity index (χ2v) is 5.05. The number of carboxylic acids is 1. The smallest absolute Gasteiger partial charge is 0.321 e. The number of aryl methyl sites for hydroxylation is 1. The van der Waals surface area contributed by atoms with Crippen molar-refractivity contribution in [2.24, 2.45) is 5.73 Å². The van der Waals surface area contributed by atoms with Crippen molar-refractivity contribution in [3.05, 3.63) is 35.5 Å². The highest BCUT2D eigenvalue weighted by Gasteiger charge is 2.27. The third-order valence-electron chi connectivity index (χ3n) is 3.59. The van der Waals surface area contributed by atoms with Gasteiger partial charge in [0.15, 0.2) is 0 Å². The van der Waals surface area contributed by atoms with Gasteiger partial charge in [-0.05, 0) is 30.5 Å². The lowest BCUT2D eigenvalue weighted by atomic mass is 9.87. The molecule has 2 rings (SSSR count). The minimum atomic E-state index is -0.945. The minimum absolute atomic E-state index is 0.154. The molecule has 4 nitrogen and oxygen atoms in total. The second kappa shape index (κ2) is 5.45. The van der Waals surface area contributed by atoms with Crippen molar-refractivity contribution in [2.75, 3.05) is 0 Å². The molecule has 0 unspecified atom stereocenters. The maximum atomic E-state index is 11.2. The van der Waals surface area contributed by atoms with Crippen LogP contribution in [0.5, 0.6) is 0 Å². The Morgan fingerprint density at radius 3 is 2.84 bits per heavy atom. The average molecular weight is 260 g/mol. The van der Waals surface area contributed by atoms with Crippen LogP contribution < -0.4 is 5.73 Å². The highest BCUT2D eigenvalue weighted by Crippen LogP contribution is 2.31. The molecule has 0 spiro atoms. The van der Waals surface area contributed by atoms with Crippen LogP contribution in [0.4, 0.5) is 0 Å². The predicted molar refractivity (Wildman–Crippen MR) is 76.3 cm³/mol. The van der Waals surface area contributed by atoms with E-state index in [2.05, 4.69) is 11.1 Å². The van der Waals surface area contributed by atoms with Gasteiger partial charge in [0.25, 0.3) is 0 Å². The van der Waals surface area contributed by atoms with E-state index in [0.29, 0.717) is 0 Å². The van der Waals surface area contributed by atoms with Gasteiger partial charge in [0.2, 0.25) is 0 Å². The van der Waals surface area contributed by atoms with Crippen LogP contribution >= 0.6 is 0 Å². The van der Waals surface area contributed by atoms with Gasteiger partial charge in [-0.15, -0.1) is 0 Å². The molecule has 2 aromatic rings. The number of aliphatic carboxylic acids is 1. The first kappa shape index (κ1) is 13.6. The third kappa shape index (κ3) is 2.63. The van der Waals surface area contributed by atoms with E-state index in [9.17, 15) is 4.79 Å². The topological polar surface area (TPSA) is 79.1 Å². The van der Waals surface area contributed by atoms with E-state index in [0.717, 1.165) is 29.3 Å². The van der Waals surface area contributed by atoms with E-state index in [1.54, 1.807) is 0 Å². The first-order chi connectivity index (χ1) is 9.04. The summed E-state index contributed by atoms with van der Waals surface area (Å²) in [5, 5.41) is 10.2. The number of H-pyrrole nitrogens is 1. The van der Waals surface area contributed by atoms with Gasteiger partial charge in [0, 0.05) is 23.0 Å². The molecule has 0 aliphatic carbocycles. The van der Waals surface area contributed by atoms with Gasteiger partial charge in [-0.3, -0.25) is 4.79 Å². The van der Waals surface area contributed by atoms with Crippen LogP contribution in [0.3, 0.4) is 0 Å². The van der Waals surface area contributed by atoms with E-state index in [4.69, 9.17) is 10.8 Å². The number of nitrogens with one attached hydrogen (secondary N) is 1. The van der Waals surface area contributed by atoms with Crippen LogP contribution in [-0.4, -0.2) is 22.1 Å². The van der Waals surface area contributed by atoms with Gasteiger partial charge in [-0.1, -0.05) is 25.5 Å². The van der Waals surface area contributed by atoms with Crippen molar-refractivity contribution in [1.82, 2.24) is 4.98 Å². The quantitative estimate of drug-likeness (QED) is 0.773. The number of aromatic amines is 1. The van der Waals surface area contributed by atoms with Gasteiger partial charge in [-0.2, -0.15) is 0 Å². The Kier molecular flexibility index (Phi) is 3.90. The molecule has 0 saturated heterocycles. The fourth-order valence-electron chi connectivity index (χ4n) is 2.58. The van der Waals surface area contributed by atoms with Crippen molar-refractivity contribution in [1.29, 1.82) is 0 Å². The lowest BCUT2D eigenvalue weighted by Gasteiger charge is -2.19. The Hall–Kier alpha value is -1.81. The molecular formula is C15H20N2O2. The van der Waals surface area contributed by atoms with Gasteiger partial charge < -0.3 is 15.8 Å². The Morgan fingerprint density at radius 2 is 2.21 bits per heavy atom. The van der Waals surface area contributed by atoms with Crippen LogP contribution in [-0.2, 0) is 4.79 Å². The summed E-state index contributed by atoms with van der Waals surface area (Å²) in [6, 6.07) is 5.27. The van der Waals surface area contributed by atoms with Crippen molar-refractivity contribution in [2.45, 2.75) is 38.6 Å². The van der Waals surface area contributed by atoms with Gasteiger partial charge in [0.1, 0.15) is 6.04 Å². The van der Waals surface area contributed by atoms with Crippen molar-refractivity contribution in [3.8, 4) is 0 Å². The summed E-state index contributed by atoms with van der Waals surface area (Å²) >= 11 is 0. The molecule has 19 heavy (non-hydrogen) atoms. The third-order valence-corrected chi connectivity index (χ3v) is 3.59. The van der Waals surface area contributed by atoms with Crippen LogP contribution in [0, 0.1) is 6.92 Å². The molecule has 1 aromatic heterocycles. The molecule has 4 heteroatoms. The van der Waals surface area contributed by atoms with Crippen molar-refractivity contribution < 1.29 is 9.90 Å². The Balaban J connectivity index is 2.47. The first-order valence-electron chi connectivity index (χ1n) is 6.60. The molecule has 2 atom stereocenters. The maximum absolute atomic E-state index is 11.2. The van der Waals surface area contributed by atoms with Crippen LogP contribution in [0.2, 0.25) is 0 Å². The molecular weight excluding hydrogens is 240 g/mol. The molecule has 0 amide bonds. The standard InChI is InChI=1S/C15H20N2O2/c1-3-4-11(14(16)15(18)19)12-8-17-13-7-9(2)5-6-10(12)13/h5-8,11,14,17H,3-4,16H2,1-2H3,(H,18,19)/t11-,14-/m0/s1.